The van der Waals surface area contributed by atoms with Crippen LogP contribution in [0.2, 0.25) is 0 Å². The van der Waals surface area contributed by atoms with Crippen LogP contribution in [0.25, 0.3) is 6.08 Å². The number of halogens is 1. The fourth-order valence-electron chi connectivity index (χ4n) is 4.07. The average molecular weight is 583 g/mol. The summed E-state index contributed by atoms with van der Waals surface area (Å²) >= 11 is 0. The van der Waals surface area contributed by atoms with Crippen LogP contribution in [-0.2, 0) is 6.42 Å². The van der Waals surface area contributed by atoms with Crippen LogP contribution in [0, 0.1) is 18.3 Å². The molecule has 3 heteroatoms. The van der Waals surface area contributed by atoms with Crippen LogP contribution in [0.3, 0.4) is 0 Å². The molecule has 0 fully saturated rings. The van der Waals surface area contributed by atoms with Crippen LogP contribution in [-0.4, -0.2) is 12.6 Å². The zero-order valence-electron chi connectivity index (χ0n) is 27.6. The highest BCUT2D eigenvalue weighted by Crippen LogP contribution is 2.25. The van der Waals surface area contributed by atoms with Gasteiger partial charge >= 0.3 is 0 Å². The van der Waals surface area contributed by atoms with Gasteiger partial charge in [-0.1, -0.05) is 119 Å². The molecule has 2 unspecified atom stereocenters. The van der Waals surface area contributed by atoms with E-state index in [0.29, 0.717) is 0 Å². The quantitative estimate of drug-likeness (QED) is 0.0987. The van der Waals surface area contributed by atoms with E-state index in [9.17, 15) is 4.39 Å². The van der Waals surface area contributed by atoms with Crippen molar-refractivity contribution in [3.63, 3.8) is 0 Å². The SMILES string of the molecule is C#C/C=C/C(C(=C)C)C(C=C)NC(=C)/C(F)=C/C(/C=C\C=C\NCCC1=Cc2ccccc2CC1)=C\C.C=C.CC.CC. The summed E-state index contributed by atoms with van der Waals surface area (Å²) in [6, 6.07) is 8.30. The van der Waals surface area contributed by atoms with Crippen LogP contribution >= 0.6 is 0 Å². The summed E-state index contributed by atoms with van der Waals surface area (Å²) in [4.78, 5) is 0. The highest BCUT2D eigenvalue weighted by molar-refractivity contribution is 5.59. The molecule has 2 atom stereocenters. The van der Waals surface area contributed by atoms with E-state index in [4.69, 9.17) is 6.42 Å². The molecule has 2 N–H and O–H groups in total. The molecule has 232 valence electrons. The van der Waals surface area contributed by atoms with Crippen molar-refractivity contribution >= 4 is 6.08 Å². The summed E-state index contributed by atoms with van der Waals surface area (Å²) < 4.78 is 14.9. The molecule has 0 saturated carbocycles. The van der Waals surface area contributed by atoms with Crippen molar-refractivity contribution in [1.29, 1.82) is 0 Å². The number of fused-ring (bicyclic) bond motifs is 1. The van der Waals surface area contributed by atoms with Gasteiger partial charge in [-0.25, -0.2) is 4.39 Å². The van der Waals surface area contributed by atoms with Gasteiger partial charge in [-0.15, -0.1) is 26.2 Å². The van der Waals surface area contributed by atoms with E-state index in [2.05, 4.69) is 79.8 Å². The molecule has 1 aliphatic carbocycles. The van der Waals surface area contributed by atoms with Crippen LogP contribution in [0.4, 0.5) is 4.39 Å². The lowest BCUT2D eigenvalue weighted by molar-refractivity contribution is 0.541. The highest BCUT2D eigenvalue weighted by atomic mass is 19.1. The van der Waals surface area contributed by atoms with E-state index in [-0.39, 0.29) is 17.7 Å². The average Bonchev–Trinajstić information content (AvgIpc) is 3.05. The molecule has 0 spiro atoms. The fourth-order valence-corrected chi connectivity index (χ4v) is 4.07. The van der Waals surface area contributed by atoms with Crippen LogP contribution in [0.1, 0.15) is 65.5 Å². The fraction of sp³-hybridized carbons (Fsp3) is 0.300. The Morgan fingerprint density at radius 1 is 1.09 bits per heavy atom. The molecule has 0 heterocycles. The summed E-state index contributed by atoms with van der Waals surface area (Å²) in [5.41, 5.74) is 6.05. The molecule has 0 aromatic heterocycles. The number of hydrogen-bond acceptors (Lipinski definition) is 2. The first kappa shape index (κ1) is 40.8. The maximum Gasteiger partial charge on any atom is 0.146 e. The van der Waals surface area contributed by atoms with E-state index in [0.717, 1.165) is 37.0 Å². The van der Waals surface area contributed by atoms with Crippen molar-refractivity contribution in [3.05, 3.63) is 151 Å². The maximum atomic E-state index is 14.9. The molecular weight excluding hydrogens is 527 g/mol. The van der Waals surface area contributed by atoms with Crippen molar-refractivity contribution in [2.24, 2.45) is 5.92 Å². The maximum absolute atomic E-state index is 14.9. The van der Waals surface area contributed by atoms with Gasteiger partial charge in [-0.3, -0.25) is 0 Å². The Kier molecular flexibility index (Phi) is 25.3. The highest BCUT2D eigenvalue weighted by Gasteiger charge is 2.18. The summed E-state index contributed by atoms with van der Waals surface area (Å²) in [6.45, 7) is 30.4. The molecule has 0 amide bonds. The zero-order chi connectivity index (χ0) is 33.0. The Morgan fingerprint density at radius 3 is 2.37 bits per heavy atom. The van der Waals surface area contributed by atoms with Crippen molar-refractivity contribution < 1.29 is 4.39 Å². The molecular formula is C40H55FN2. The number of terminal acetylenes is 1. The second-order valence-electron chi connectivity index (χ2n) is 8.99. The minimum absolute atomic E-state index is 0.123. The van der Waals surface area contributed by atoms with E-state index in [1.54, 1.807) is 12.2 Å². The lowest BCUT2D eigenvalue weighted by Gasteiger charge is -2.24. The van der Waals surface area contributed by atoms with Crippen molar-refractivity contribution in [3.8, 4) is 12.3 Å². The van der Waals surface area contributed by atoms with Crippen LogP contribution in [0.15, 0.2) is 140 Å². The predicted octanol–water partition coefficient (Wildman–Crippen LogP) is 10.8. The number of rotatable bonds is 14. The Labute approximate surface area is 263 Å². The lowest BCUT2D eigenvalue weighted by Crippen LogP contribution is -2.33. The largest absolute Gasteiger partial charge is 0.391 e. The first-order valence-corrected chi connectivity index (χ1v) is 15.1. The Bertz CT molecular complexity index is 1200. The van der Waals surface area contributed by atoms with Crippen molar-refractivity contribution in [2.45, 2.75) is 66.8 Å². The predicted molar refractivity (Wildman–Crippen MR) is 193 cm³/mol. The molecule has 1 aromatic rings. The number of benzene rings is 1. The second kappa shape index (κ2) is 26.6. The van der Waals surface area contributed by atoms with Crippen molar-refractivity contribution in [1.82, 2.24) is 10.6 Å². The Hall–Kier alpha value is -4.29. The number of nitrogens with one attached hydrogen (secondary N) is 2. The molecule has 2 nitrogen and oxygen atoms in total. The van der Waals surface area contributed by atoms with E-state index in [1.165, 1.54) is 22.8 Å². The summed E-state index contributed by atoms with van der Waals surface area (Å²) in [5, 5.41) is 6.42. The van der Waals surface area contributed by atoms with Crippen LogP contribution < -0.4 is 10.6 Å². The Balaban J connectivity index is 0. The molecule has 0 saturated heterocycles. The van der Waals surface area contributed by atoms with E-state index < -0.39 is 5.83 Å². The minimum atomic E-state index is -0.449. The number of aryl methyl sites for hydroxylation is 1. The van der Waals surface area contributed by atoms with Gasteiger partial charge in [0.25, 0.3) is 0 Å². The first-order chi connectivity index (χ1) is 20.9. The molecule has 1 aliphatic rings. The number of allylic oxidation sites excluding steroid dienone is 8. The summed E-state index contributed by atoms with van der Waals surface area (Å²) in [7, 11) is 0. The molecule has 2 rings (SSSR count). The third kappa shape index (κ3) is 16.7. The molecule has 1 aromatic carbocycles. The number of hydrogen-bond donors (Lipinski definition) is 2. The van der Waals surface area contributed by atoms with Gasteiger partial charge < -0.3 is 10.6 Å². The van der Waals surface area contributed by atoms with Gasteiger partial charge in [0.2, 0.25) is 0 Å². The Morgan fingerprint density at radius 2 is 1.77 bits per heavy atom. The van der Waals surface area contributed by atoms with E-state index in [1.807, 2.05) is 78.1 Å². The standard InChI is InChI=1S/C34H39FN2.2C2H6.C2H4/c1-7-10-18-32(26(4)5)34(9-3)37-27(6)33(35)25-28(8-2)15-13-14-22-36-23-21-29-19-20-30-16-11-12-17-31(30)24-29;3*1-2/h1,8-18,22,24-25,32,34,36-37H,3-4,6,19-21,23H2,2,5H3;2*1-2H3;1-2H2/b15-13-,18-10+,22-14+,28-8-,33-25-;;;. The molecule has 0 aliphatic heterocycles. The first-order valence-electron chi connectivity index (χ1n) is 15.1. The normalized spacial score (nSPS) is 13.9. The topological polar surface area (TPSA) is 24.1 Å². The second-order valence-corrected chi connectivity index (χ2v) is 8.99. The molecule has 43 heavy (non-hydrogen) atoms. The third-order valence-corrected chi connectivity index (χ3v) is 6.20. The lowest BCUT2D eigenvalue weighted by atomic mass is 9.91. The van der Waals surface area contributed by atoms with Crippen molar-refractivity contribution in [2.75, 3.05) is 6.54 Å². The zero-order valence-corrected chi connectivity index (χ0v) is 27.6. The van der Waals surface area contributed by atoms with Gasteiger partial charge in [0.1, 0.15) is 5.83 Å². The van der Waals surface area contributed by atoms with Gasteiger partial charge in [0.15, 0.2) is 0 Å². The van der Waals surface area contributed by atoms with Gasteiger partial charge in [-0.2, -0.15) is 0 Å². The minimum Gasteiger partial charge on any atom is -0.391 e. The van der Waals surface area contributed by atoms with Crippen LogP contribution in [0.5, 0.6) is 0 Å². The monoisotopic (exact) mass is 582 g/mol. The smallest absolute Gasteiger partial charge is 0.146 e. The third-order valence-electron chi connectivity index (χ3n) is 6.20. The molecule has 0 bridgehead atoms. The van der Waals surface area contributed by atoms with Gasteiger partial charge in [0.05, 0.1) is 11.7 Å². The van der Waals surface area contributed by atoms with Gasteiger partial charge in [0, 0.05) is 12.5 Å². The summed E-state index contributed by atoms with van der Waals surface area (Å²) in [5.74, 6) is 1.90. The van der Waals surface area contributed by atoms with Gasteiger partial charge in [-0.05, 0) is 74.2 Å². The van der Waals surface area contributed by atoms with E-state index >= 15 is 0 Å². The summed E-state index contributed by atoms with van der Waals surface area (Å²) in [6.07, 6.45) is 26.9. The molecule has 0 radical (unpaired) electrons.